The summed E-state index contributed by atoms with van der Waals surface area (Å²) in [6, 6.07) is 0. The lowest BCUT2D eigenvalue weighted by Crippen LogP contribution is -2.29. The van der Waals surface area contributed by atoms with Crippen LogP contribution in [-0.4, -0.2) is 41.0 Å². The molecule has 8 nitrogen and oxygen atoms in total. The molecule has 0 radical (unpaired) electrons. The number of ether oxygens (including phenoxy) is 2. The first kappa shape index (κ1) is 46.3. The lowest BCUT2D eigenvalue weighted by molar-refractivity contribution is -0.161. The Bertz CT molecular complexity index is 879. The molecular weight excluding hydrogens is 627 g/mol. The largest absolute Gasteiger partial charge is 0.469 e. The van der Waals surface area contributed by atoms with Crippen molar-refractivity contribution in [3.63, 3.8) is 0 Å². The average molecular weight is 699 g/mol. The fourth-order valence-corrected chi connectivity index (χ4v) is 5.58. The summed E-state index contributed by atoms with van der Waals surface area (Å²) in [5.74, 6) is -0.932. The Morgan fingerprint density at radius 1 is 0.542 bits per heavy atom. The van der Waals surface area contributed by atoms with Gasteiger partial charge < -0.3 is 19.3 Å². The van der Waals surface area contributed by atoms with Crippen LogP contribution >= 0.6 is 7.82 Å². The minimum atomic E-state index is -4.76. The maximum absolute atomic E-state index is 12.3. The smallest absolute Gasteiger partial charge is 0.462 e. The van der Waals surface area contributed by atoms with Gasteiger partial charge in [-0.15, -0.1) is 0 Å². The van der Waals surface area contributed by atoms with Crippen LogP contribution in [0.25, 0.3) is 0 Å². The Morgan fingerprint density at radius 3 is 1.44 bits per heavy atom. The number of unbranched alkanes of at least 4 members (excludes halogenated alkanes) is 19. The summed E-state index contributed by atoms with van der Waals surface area (Å²) < 4.78 is 26.3. The Hall–Kier alpha value is -1.73. The molecule has 0 unspecified atom stereocenters. The van der Waals surface area contributed by atoms with E-state index in [9.17, 15) is 14.2 Å². The number of esters is 2. The van der Waals surface area contributed by atoms with E-state index < -0.39 is 32.5 Å². The summed E-state index contributed by atoms with van der Waals surface area (Å²) >= 11 is 0. The van der Waals surface area contributed by atoms with E-state index >= 15 is 0 Å². The topological polar surface area (TPSA) is 119 Å². The first-order chi connectivity index (χ1) is 23.3. The summed E-state index contributed by atoms with van der Waals surface area (Å²) in [5.41, 5.74) is 0. The van der Waals surface area contributed by atoms with Crippen LogP contribution in [0.3, 0.4) is 0 Å². The Morgan fingerprint density at radius 2 is 0.938 bits per heavy atom. The first-order valence-electron chi connectivity index (χ1n) is 19.3. The summed E-state index contributed by atoms with van der Waals surface area (Å²) in [6.07, 6.45) is 40.1. The fourth-order valence-electron chi connectivity index (χ4n) is 5.22. The number of rotatable bonds is 35. The van der Waals surface area contributed by atoms with Gasteiger partial charge in [0.15, 0.2) is 6.10 Å². The molecule has 2 N–H and O–H groups in total. The molecule has 0 spiro atoms. The Labute approximate surface area is 293 Å². The molecule has 0 aromatic heterocycles. The van der Waals surface area contributed by atoms with E-state index in [1.54, 1.807) is 0 Å². The van der Waals surface area contributed by atoms with Crippen LogP contribution in [0.5, 0.6) is 0 Å². The Balaban J connectivity index is 4.03. The highest BCUT2D eigenvalue weighted by molar-refractivity contribution is 7.46. The van der Waals surface area contributed by atoms with Gasteiger partial charge in [-0.2, -0.15) is 0 Å². The van der Waals surface area contributed by atoms with Crippen LogP contribution in [0, 0.1) is 0 Å². The number of carbonyl (C=O) groups excluding carboxylic acids is 2. The van der Waals surface area contributed by atoms with E-state index in [2.05, 4.69) is 54.8 Å². The monoisotopic (exact) mass is 698 g/mol. The molecule has 9 heteroatoms. The number of allylic oxidation sites excluding steroid dienone is 6. The van der Waals surface area contributed by atoms with Crippen molar-refractivity contribution >= 4 is 19.8 Å². The van der Waals surface area contributed by atoms with Crippen molar-refractivity contribution < 1.29 is 37.9 Å². The van der Waals surface area contributed by atoms with Crippen molar-refractivity contribution in [2.24, 2.45) is 0 Å². The highest BCUT2D eigenvalue weighted by Crippen LogP contribution is 2.36. The van der Waals surface area contributed by atoms with Gasteiger partial charge in [0.1, 0.15) is 6.61 Å². The van der Waals surface area contributed by atoms with Crippen LogP contribution in [0.1, 0.15) is 181 Å². The van der Waals surface area contributed by atoms with Crippen LogP contribution in [-0.2, 0) is 28.2 Å². The van der Waals surface area contributed by atoms with E-state index in [1.807, 2.05) is 0 Å². The molecule has 0 saturated heterocycles. The molecule has 1 atom stereocenters. The molecule has 0 amide bonds. The summed E-state index contributed by atoms with van der Waals surface area (Å²) in [7, 11) is -4.76. The van der Waals surface area contributed by atoms with E-state index in [4.69, 9.17) is 19.3 Å². The van der Waals surface area contributed by atoms with Crippen molar-refractivity contribution in [3.05, 3.63) is 36.5 Å². The third kappa shape index (κ3) is 37.1. The highest BCUT2D eigenvalue weighted by Gasteiger charge is 2.22. The van der Waals surface area contributed by atoms with Gasteiger partial charge in [-0.25, -0.2) is 4.57 Å². The van der Waals surface area contributed by atoms with Crippen molar-refractivity contribution in [1.82, 2.24) is 0 Å². The lowest BCUT2D eigenvalue weighted by Gasteiger charge is -2.18. The SMILES string of the molecule is CCCCCCCC/C=C/C/C=C/CCCCC(=O)O[C@H](COC(=O)CCCCCCC/C=C/CCCCCCCC)COP(=O)(O)O. The van der Waals surface area contributed by atoms with Gasteiger partial charge in [-0.3, -0.25) is 14.1 Å². The molecule has 0 fully saturated rings. The first-order valence-corrected chi connectivity index (χ1v) is 20.8. The predicted molar refractivity (Wildman–Crippen MR) is 198 cm³/mol. The molecule has 0 aromatic carbocycles. The maximum Gasteiger partial charge on any atom is 0.469 e. The Kier molecular flexibility index (Phi) is 33.8. The molecule has 48 heavy (non-hydrogen) atoms. The van der Waals surface area contributed by atoms with Gasteiger partial charge in [0.05, 0.1) is 6.61 Å². The molecule has 0 saturated carbocycles. The van der Waals surface area contributed by atoms with Gasteiger partial charge in [0.25, 0.3) is 0 Å². The zero-order chi connectivity index (χ0) is 35.4. The van der Waals surface area contributed by atoms with Gasteiger partial charge in [0, 0.05) is 12.8 Å². The molecular formula is C39H71O8P. The summed E-state index contributed by atoms with van der Waals surface area (Å²) in [4.78, 5) is 42.7. The normalized spacial score (nSPS) is 12.8. The van der Waals surface area contributed by atoms with E-state index in [1.165, 1.54) is 83.5 Å². The molecule has 0 rings (SSSR count). The zero-order valence-electron chi connectivity index (χ0n) is 30.6. The number of hydrogen-bond donors (Lipinski definition) is 2. The number of hydrogen-bond acceptors (Lipinski definition) is 6. The quantitative estimate of drug-likeness (QED) is 0.0290. The van der Waals surface area contributed by atoms with Crippen LogP contribution in [0.15, 0.2) is 36.5 Å². The fraction of sp³-hybridized carbons (Fsp3) is 0.795. The van der Waals surface area contributed by atoms with Crippen molar-refractivity contribution in [2.45, 2.75) is 187 Å². The van der Waals surface area contributed by atoms with Crippen LogP contribution < -0.4 is 0 Å². The minimum absolute atomic E-state index is 0.168. The molecule has 0 aliphatic carbocycles. The highest BCUT2D eigenvalue weighted by atomic mass is 31.2. The van der Waals surface area contributed by atoms with E-state index in [0.717, 1.165) is 57.8 Å². The molecule has 0 aliphatic heterocycles. The average Bonchev–Trinajstić information content (AvgIpc) is 3.05. The summed E-state index contributed by atoms with van der Waals surface area (Å²) in [5, 5.41) is 0. The minimum Gasteiger partial charge on any atom is -0.462 e. The second-order valence-electron chi connectivity index (χ2n) is 12.9. The van der Waals surface area contributed by atoms with E-state index in [0.29, 0.717) is 12.8 Å². The van der Waals surface area contributed by atoms with Gasteiger partial charge in [-0.1, -0.05) is 134 Å². The third-order valence-electron chi connectivity index (χ3n) is 8.13. The molecule has 0 aliphatic rings. The lowest BCUT2D eigenvalue weighted by atomic mass is 10.1. The van der Waals surface area contributed by atoms with Gasteiger partial charge >= 0.3 is 19.8 Å². The standard InChI is InChI=1S/C39H71O8P/c1-3-5-7-9-11-13-15-17-19-21-23-25-27-29-31-33-38(40)45-35-37(36-46-48(42,43)44)47-39(41)34-32-30-28-26-24-22-20-18-16-14-12-10-8-6-4-2/h17-20,24,26,37H,3-16,21-23,25,27-36H2,1-2H3,(H2,42,43,44)/b19-17+,20-18+,26-24+/t37-/m1/s1. The van der Waals surface area contributed by atoms with Gasteiger partial charge in [-0.05, 0) is 70.6 Å². The molecule has 0 aromatic rings. The van der Waals surface area contributed by atoms with Gasteiger partial charge in [0.2, 0.25) is 0 Å². The predicted octanol–water partition coefficient (Wildman–Crippen LogP) is 11.4. The number of phosphoric acid groups is 1. The zero-order valence-corrected chi connectivity index (χ0v) is 31.5. The number of carbonyl (C=O) groups is 2. The second-order valence-corrected chi connectivity index (χ2v) is 14.1. The maximum atomic E-state index is 12.3. The molecule has 0 bridgehead atoms. The summed E-state index contributed by atoms with van der Waals surface area (Å²) in [6.45, 7) is 3.63. The van der Waals surface area contributed by atoms with Crippen molar-refractivity contribution in [3.8, 4) is 0 Å². The van der Waals surface area contributed by atoms with Crippen molar-refractivity contribution in [2.75, 3.05) is 13.2 Å². The van der Waals surface area contributed by atoms with Crippen molar-refractivity contribution in [1.29, 1.82) is 0 Å². The molecule has 280 valence electrons. The van der Waals surface area contributed by atoms with E-state index in [-0.39, 0.29) is 19.4 Å². The second kappa shape index (κ2) is 35.1. The third-order valence-corrected chi connectivity index (χ3v) is 8.62. The van der Waals surface area contributed by atoms with Crippen LogP contribution in [0.2, 0.25) is 0 Å². The van der Waals surface area contributed by atoms with Crippen LogP contribution in [0.4, 0.5) is 0 Å². The number of phosphoric ester groups is 1. The molecule has 0 heterocycles.